The molecule has 0 saturated heterocycles. The van der Waals surface area contributed by atoms with E-state index in [0.717, 1.165) is 0 Å². The third kappa shape index (κ3) is 103. The molecule has 0 amide bonds. The number of carbonyl (C=O) groups is 4. The Bertz CT molecular complexity index is 287. The van der Waals surface area contributed by atoms with Gasteiger partial charge in [-0.15, -0.1) is 0 Å². The molecule has 10 nitrogen and oxygen atoms in total. The van der Waals surface area contributed by atoms with E-state index in [1.807, 2.05) is 0 Å². The highest BCUT2D eigenvalue weighted by atomic mass is 35.5. The minimum Gasteiger partial charge on any atom is -0.439 e. The first-order valence-corrected chi connectivity index (χ1v) is 5.81. The summed E-state index contributed by atoms with van der Waals surface area (Å²) in [6.45, 7) is 3.45. The van der Waals surface area contributed by atoms with E-state index in [1.54, 1.807) is 0 Å². The fourth-order valence-electron chi connectivity index (χ4n) is 0.286. The van der Waals surface area contributed by atoms with Crippen molar-refractivity contribution < 1.29 is 48.7 Å². The van der Waals surface area contributed by atoms with E-state index in [2.05, 4.69) is 25.8 Å². The number of rotatable bonds is 3. The van der Waals surface area contributed by atoms with Crippen molar-refractivity contribution in [1.29, 1.82) is 0 Å². The maximum absolute atomic E-state index is 10.0. The number of hydrogen-bond donors (Lipinski definition) is 3. The molecule has 0 aromatic heterocycles. The highest BCUT2D eigenvalue weighted by molar-refractivity contribution is 6.62. The number of ether oxygens (including phenoxy) is 3. The number of aliphatic hydroxyl groups is 3. The van der Waals surface area contributed by atoms with E-state index >= 15 is 0 Å². The van der Waals surface area contributed by atoms with Gasteiger partial charge in [0.05, 0.1) is 0 Å². The van der Waals surface area contributed by atoms with Crippen LogP contribution in [0.4, 0.5) is 0 Å². The first-order valence-electron chi connectivity index (χ1n) is 5.43. The van der Waals surface area contributed by atoms with Gasteiger partial charge >= 0.3 is 17.9 Å². The zero-order valence-corrected chi connectivity index (χ0v) is 13.5. The quantitative estimate of drug-likeness (QED) is 0.337. The highest BCUT2D eigenvalue weighted by Gasteiger charge is 1.93. The standard InChI is InChI=1S/C5H8O4.C3H6O3.C2H3ClO.CH4O2/c1-4(6)8-3-9-5(2)7;1-3(5)6-2-4;1-2(3)4;2-1-3/h3H2,1-2H3;4H,2H2,1H3;1H3;2-3H,1H2. The minimum absolute atomic E-state index is 0.287. The normalized spacial score (nSPS) is 7.45. The van der Waals surface area contributed by atoms with Crippen molar-refractivity contribution in [1.82, 2.24) is 0 Å². The average molecular weight is 349 g/mol. The van der Waals surface area contributed by atoms with E-state index in [1.165, 1.54) is 27.7 Å². The van der Waals surface area contributed by atoms with Crippen molar-refractivity contribution in [2.75, 3.05) is 20.4 Å². The summed E-state index contributed by atoms with van der Waals surface area (Å²) in [6.07, 6.45) is 0. The van der Waals surface area contributed by atoms with Gasteiger partial charge in [-0.05, 0) is 11.6 Å². The second-order valence-electron chi connectivity index (χ2n) is 2.77. The number of esters is 3. The predicted molar refractivity (Wildman–Crippen MR) is 73.1 cm³/mol. The zero-order chi connectivity index (χ0) is 18.6. The third-order valence-corrected chi connectivity index (χ3v) is 0.792. The van der Waals surface area contributed by atoms with Crippen molar-refractivity contribution in [2.24, 2.45) is 0 Å². The van der Waals surface area contributed by atoms with Gasteiger partial charge in [-0.2, -0.15) is 0 Å². The van der Waals surface area contributed by atoms with E-state index in [4.69, 9.17) is 15.3 Å². The van der Waals surface area contributed by atoms with Crippen molar-refractivity contribution in [3.8, 4) is 0 Å². The van der Waals surface area contributed by atoms with Crippen molar-refractivity contribution in [3.63, 3.8) is 0 Å². The van der Waals surface area contributed by atoms with Crippen LogP contribution in [-0.2, 0) is 33.4 Å². The second-order valence-corrected chi connectivity index (χ2v) is 3.30. The summed E-state index contributed by atoms with van der Waals surface area (Å²) in [5, 5.41) is 21.7. The summed E-state index contributed by atoms with van der Waals surface area (Å²) >= 11 is 4.64. The van der Waals surface area contributed by atoms with E-state index < -0.39 is 31.5 Å². The van der Waals surface area contributed by atoms with Crippen LogP contribution in [0.15, 0.2) is 0 Å². The molecular weight excluding hydrogens is 328 g/mol. The van der Waals surface area contributed by atoms with Gasteiger partial charge < -0.3 is 29.5 Å². The molecule has 11 heteroatoms. The second kappa shape index (κ2) is 24.3. The minimum atomic E-state index is -0.750. The Morgan fingerprint density at radius 3 is 1.09 bits per heavy atom. The van der Waals surface area contributed by atoms with Crippen LogP contribution in [0.3, 0.4) is 0 Å². The summed E-state index contributed by atoms with van der Waals surface area (Å²) in [7, 11) is 0. The summed E-state index contributed by atoms with van der Waals surface area (Å²) in [4.78, 5) is 38.9. The molecule has 0 saturated carbocycles. The summed E-state index contributed by atoms with van der Waals surface area (Å²) in [6, 6.07) is 0. The molecule has 3 N–H and O–H groups in total. The fourth-order valence-corrected chi connectivity index (χ4v) is 0.286. The lowest BCUT2D eigenvalue weighted by molar-refractivity contribution is -0.164. The summed E-state index contributed by atoms with van der Waals surface area (Å²) < 4.78 is 12.5. The monoisotopic (exact) mass is 348 g/mol. The Balaban J connectivity index is -0.000000108. The molecule has 0 spiro atoms. The van der Waals surface area contributed by atoms with Gasteiger partial charge in [0.1, 0.15) is 6.79 Å². The molecule has 0 bridgehead atoms. The van der Waals surface area contributed by atoms with Crippen LogP contribution in [0.5, 0.6) is 0 Å². The molecule has 0 fully saturated rings. The lowest BCUT2D eigenvalue weighted by Gasteiger charge is -1.99. The van der Waals surface area contributed by atoms with Crippen molar-refractivity contribution in [3.05, 3.63) is 0 Å². The molecule has 0 radical (unpaired) electrons. The van der Waals surface area contributed by atoms with Crippen LogP contribution in [0.25, 0.3) is 0 Å². The van der Waals surface area contributed by atoms with Crippen LogP contribution in [0, 0.1) is 0 Å². The SMILES string of the molecule is CC(=O)Cl.CC(=O)OCO.CC(=O)OCOC(C)=O.OCO. The topological polar surface area (TPSA) is 157 Å². The van der Waals surface area contributed by atoms with E-state index in [-0.39, 0.29) is 12.0 Å². The van der Waals surface area contributed by atoms with Crippen molar-refractivity contribution in [2.45, 2.75) is 27.7 Å². The molecule has 0 aromatic carbocycles. The Morgan fingerprint density at radius 2 is 1.00 bits per heavy atom. The summed E-state index contributed by atoms with van der Waals surface area (Å²) in [5.41, 5.74) is 0. The van der Waals surface area contributed by atoms with Gasteiger partial charge in [-0.3, -0.25) is 19.2 Å². The maximum atomic E-state index is 10.0. The van der Waals surface area contributed by atoms with Crippen LogP contribution in [0.1, 0.15) is 27.7 Å². The zero-order valence-electron chi connectivity index (χ0n) is 12.7. The van der Waals surface area contributed by atoms with Gasteiger partial charge in [-0.25, -0.2) is 0 Å². The number of halogens is 1. The Hall–Kier alpha value is -1.75. The van der Waals surface area contributed by atoms with Gasteiger partial charge in [0, 0.05) is 27.7 Å². The molecule has 0 aromatic rings. The molecule has 0 aliphatic heterocycles. The largest absolute Gasteiger partial charge is 0.439 e. The number of carbonyl (C=O) groups excluding carboxylic acids is 4. The molecule has 0 rings (SSSR count). The highest BCUT2D eigenvalue weighted by Crippen LogP contribution is 1.79. The Labute approximate surface area is 132 Å². The number of aliphatic hydroxyl groups excluding tert-OH is 2. The van der Waals surface area contributed by atoms with Gasteiger partial charge in [0.15, 0.2) is 6.79 Å². The van der Waals surface area contributed by atoms with Crippen LogP contribution in [0.2, 0.25) is 0 Å². The smallest absolute Gasteiger partial charge is 0.305 e. The first-order chi connectivity index (χ1) is 10.0. The lowest BCUT2D eigenvalue weighted by Crippen LogP contribution is -2.07. The first kappa shape index (κ1) is 28.4. The molecule has 0 heterocycles. The Kier molecular flexibility index (Phi) is 31.4. The molecule has 0 aliphatic rings. The van der Waals surface area contributed by atoms with E-state index in [0.29, 0.717) is 0 Å². The van der Waals surface area contributed by atoms with Gasteiger partial charge in [-0.1, -0.05) is 0 Å². The van der Waals surface area contributed by atoms with Crippen LogP contribution >= 0.6 is 11.6 Å². The average Bonchev–Trinajstić information content (AvgIpc) is 2.28. The molecule has 0 atom stereocenters. The Morgan fingerprint density at radius 1 is 0.773 bits per heavy atom. The molecular formula is C11H21ClO10. The molecule has 22 heavy (non-hydrogen) atoms. The summed E-state index contributed by atoms with van der Waals surface area (Å²) in [5.74, 6) is -1.38. The molecule has 0 unspecified atom stereocenters. The predicted octanol–water partition coefficient (Wildman–Crippen LogP) is -0.730. The van der Waals surface area contributed by atoms with Gasteiger partial charge in [0.2, 0.25) is 12.0 Å². The lowest BCUT2D eigenvalue weighted by atomic mass is 10.8. The van der Waals surface area contributed by atoms with E-state index in [9.17, 15) is 19.2 Å². The van der Waals surface area contributed by atoms with Gasteiger partial charge in [0.25, 0.3) is 0 Å². The third-order valence-electron chi connectivity index (χ3n) is 0.792. The maximum Gasteiger partial charge on any atom is 0.305 e. The molecule has 0 aliphatic carbocycles. The number of hydrogen-bond acceptors (Lipinski definition) is 10. The van der Waals surface area contributed by atoms with Crippen molar-refractivity contribution >= 4 is 34.8 Å². The fraction of sp³-hybridized carbons (Fsp3) is 0.636. The van der Waals surface area contributed by atoms with Crippen LogP contribution in [-0.4, -0.2) is 58.8 Å². The molecule has 132 valence electrons. The van der Waals surface area contributed by atoms with Crippen LogP contribution < -0.4 is 0 Å².